The van der Waals surface area contributed by atoms with E-state index in [1.807, 2.05) is 25.9 Å². The molecule has 2 heterocycles. The minimum atomic E-state index is -1.03. The van der Waals surface area contributed by atoms with Crippen molar-refractivity contribution in [3.63, 3.8) is 0 Å². The third kappa shape index (κ3) is 4.50. The second-order valence-electron chi connectivity index (χ2n) is 8.82. The first kappa shape index (κ1) is 22.3. The number of nitrogens with zero attached hydrogens (tertiary/aromatic N) is 4. The number of fused-ring (bicyclic) bond motifs is 1. The Morgan fingerprint density at radius 3 is 2.63 bits per heavy atom. The topological polar surface area (TPSA) is 99.6 Å². The zero-order chi connectivity index (χ0) is 21.9. The van der Waals surface area contributed by atoms with Gasteiger partial charge in [-0.2, -0.15) is 5.10 Å². The summed E-state index contributed by atoms with van der Waals surface area (Å²) in [6.07, 6.45) is 4.94. The van der Waals surface area contributed by atoms with E-state index in [2.05, 4.69) is 15.7 Å². The molecule has 30 heavy (non-hydrogen) atoms. The summed E-state index contributed by atoms with van der Waals surface area (Å²) in [4.78, 5) is 42.6. The predicted octanol–water partition coefficient (Wildman–Crippen LogP) is 0.858. The minimum absolute atomic E-state index is 0.144. The molecule has 0 saturated heterocycles. The Bertz CT molecular complexity index is 799. The van der Waals surface area contributed by atoms with Crippen molar-refractivity contribution >= 4 is 17.7 Å². The van der Waals surface area contributed by atoms with Crippen LogP contribution in [0.15, 0.2) is 6.07 Å². The molecule has 1 aliphatic carbocycles. The molecular formula is C21H34N6O3. The van der Waals surface area contributed by atoms with E-state index in [1.165, 1.54) is 10.7 Å². The number of amides is 3. The van der Waals surface area contributed by atoms with Crippen molar-refractivity contribution in [2.75, 3.05) is 33.7 Å². The van der Waals surface area contributed by atoms with Gasteiger partial charge in [0.2, 0.25) is 5.91 Å². The van der Waals surface area contributed by atoms with Crippen LogP contribution in [-0.4, -0.2) is 82.6 Å². The molecule has 1 fully saturated rings. The Morgan fingerprint density at radius 1 is 1.30 bits per heavy atom. The van der Waals surface area contributed by atoms with Crippen LogP contribution in [0, 0.1) is 0 Å². The summed E-state index contributed by atoms with van der Waals surface area (Å²) in [5.74, 6) is -0.716. The lowest BCUT2D eigenvalue weighted by molar-refractivity contribution is -0.133. The highest BCUT2D eigenvalue weighted by Gasteiger charge is 2.48. The largest absolute Gasteiger partial charge is 0.351 e. The zero-order valence-electron chi connectivity index (χ0n) is 18.5. The first-order valence-corrected chi connectivity index (χ1v) is 10.9. The average Bonchev–Trinajstić information content (AvgIpc) is 3.34. The fraction of sp³-hybridized carbons (Fsp3) is 0.714. The van der Waals surface area contributed by atoms with Gasteiger partial charge in [-0.3, -0.25) is 19.1 Å². The summed E-state index contributed by atoms with van der Waals surface area (Å²) < 4.78 is 1.52. The second-order valence-corrected chi connectivity index (χ2v) is 8.82. The predicted molar refractivity (Wildman–Crippen MR) is 113 cm³/mol. The van der Waals surface area contributed by atoms with Gasteiger partial charge in [-0.15, -0.1) is 0 Å². The molecule has 1 aromatic rings. The summed E-state index contributed by atoms with van der Waals surface area (Å²) >= 11 is 0. The Kier molecular flexibility index (Phi) is 6.80. The Balaban J connectivity index is 1.81. The van der Waals surface area contributed by atoms with Crippen molar-refractivity contribution in [2.45, 2.75) is 64.1 Å². The van der Waals surface area contributed by atoms with Gasteiger partial charge in [0.15, 0.2) is 5.69 Å². The van der Waals surface area contributed by atoms with Gasteiger partial charge in [0.1, 0.15) is 11.2 Å². The SMILES string of the molecule is CCCN1C(=O)c2cc(C(=O)NCCN(C)C)nn2C[C@@]1(C)C(=O)NC1CCCC1. The Morgan fingerprint density at radius 2 is 2.00 bits per heavy atom. The molecule has 0 unspecified atom stereocenters. The fourth-order valence-electron chi connectivity index (χ4n) is 4.22. The van der Waals surface area contributed by atoms with E-state index >= 15 is 0 Å². The molecule has 0 bridgehead atoms. The highest BCUT2D eigenvalue weighted by Crippen LogP contribution is 2.29. The van der Waals surface area contributed by atoms with Crippen molar-refractivity contribution in [1.29, 1.82) is 0 Å². The van der Waals surface area contributed by atoms with E-state index in [0.717, 1.165) is 32.1 Å². The van der Waals surface area contributed by atoms with E-state index in [0.29, 0.717) is 25.3 Å². The number of likely N-dealkylation sites (N-methyl/N-ethyl adjacent to an activating group) is 1. The zero-order valence-corrected chi connectivity index (χ0v) is 18.5. The van der Waals surface area contributed by atoms with E-state index in [-0.39, 0.29) is 36.0 Å². The van der Waals surface area contributed by atoms with Gasteiger partial charge in [0, 0.05) is 31.7 Å². The van der Waals surface area contributed by atoms with Crippen LogP contribution in [0.25, 0.3) is 0 Å². The van der Waals surface area contributed by atoms with Gasteiger partial charge in [-0.25, -0.2) is 0 Å². The quantitative estimate of drug-likeness (QED) is 0.652. The lowest BCUT2D eigenvalue weighted by Gasteiger charge is -2.43. The maximum Gasteiger partial charge on any atom is 0.273 e. The number of aromatic nitrogens is 2. The van der Waals surface area contributed by atoms with Gasteiger partial charge in [0.25, 0.3) is 11.8 Å². The molecule has 2 aliphatic rings. The van der Waals surface area contributed by atoms with Crippen LogP contribution < -0.4 is 10.6 Å². The lowest BCUT2D eigenvalue weighted by Crippen LogP contribution is -2.65. The van der Waals surface area contributed by atoms with Crippen molar-refractivity contribution < 1.29 is 14.4 Å². The summed E-state index contributed by atoms with van der Waals surface area (Å²) in [6, 6.07) is 1.70. The summed E-state index contributed by atoms with van der Waals surface area (Å²) in [5.41, 5.74) is -0.478. The van der Waals surface area contributed by atoms with Gasteiger partial charge in [-0.05, 0) is 40.3 Å². The number of hydrogen-bond donors (Lipinski definition) is 2. The van der Waals surface area contributed by atoms with Crippen LogP contribution in [0.3, 0.4) is 0 Å². The van der Waals surface area contributed by atoms with Crippen LogP contribution in [0.2, 0.25) is 0 Å². The number of hydrogen-bond acceptors (Lipinski definition) is 5. The molecule has 9 nitrogen and oxygen atoms in total. The molecule has 2 N–H and O–H groups in total. The second kappa shape index (κ2) is 9.16. The summed E-state index contributed by atoms with van der Waals surface area (Å²) in [7, 11) is 3.86. The number of carbonyl (C=O) groups excluding carboxylic acids is 3. The number of carbonyl (C=O) groups is 3. The highest BCUT2D eigenvalue weighted by atomic mass is 16.2. The van der Waals surface area contributed by atoms with E-state index in [1.54, 1.807) is 11.8 Å². The van der Waals surface area contributed by atoms with Crippen molar-refractivity contribution in [1.82, 2.24) is 30.2 Å². The maximum absolute atomic E-state index is 13.2. The van der Waals surface area contributed by atoms with E-state index < -0.39 is 5.54 Å². The van der Waals surface area contributed by atoms with Gasteiger partial charge >= 0.3 is 0 Å². The Labute approximate surface area is 178 Å². The number of rotatable bonds is 8. The van der Waals surface area contributed by atoms with E-state index in [9.17, 15) is 14.4 Å². The fourth-order valence-corrected chi connectivity index (χ4v) is 4.22. The normalized spacial score (nSPS) is 21.8. The standard InChI is InChI=1S/C21H34N6O3/c1-5-11-26-19(29)17-13-16(18(28)22-10-12-25(3)4)24-27(17)14-21(26,2)20(30)23-15-8-6-7-9-15/h13,15H,5-12,14H2,1-4H3,(H,22,28)(H,23,30)/t21-/m0/s1. The summed E-state index contributed by atoms with van der Waals surface area (Å²) in [5, 5.41) is 10.3. The van der Waals surface area contributed by atoms with Crippen molar-refractivity contribution in [3.8, 4) is 0 Å². The van der Waals surface area contributed by atoms with Crippen LogP contribution in [0.1, 0.15) is 66.9 Å². The molecule has 0 aromatic carbocycles. The Hall–Kier alpha value is -2.42. The van der Waals surface area contributed by atoms with Gasteiger partial charge in [-0.1, -0.05) is 19.8 Å². The highest BCUT2D eigenvalue weighted by molar-refractivity contribution is 6.01. The van der Waals surface area contributed by atoms with Crippen molar-refractivity contribution in [2.24, 2.45) is 0 Å². The molecule has 9 heteroatoms. The third-order valence-electron chi connectivity index (χ3n) is 6.00. The van der Waals surface area contributed by atoms with Crippen LogP contribution in [0.5, 0.6) is 0 Å². The third-order valence-corrected chi connectivity index (χ3v) is 6.00. The molecular weight excluding hydrogens is 384 g/mol. The minimum Gasteiger partial charge on any atom is -0.351 e. The molecule has 1 atom stereocenters. The maximum atomic E-state index is 13.2. The lowest BCUT2D eigenvalue weighted by atomic mass is 9.94. The molecule has 0 radical (unpaired) electrons. The van der Waals surface area contributed by atoms with E-state index in [4.69, 9.17) is 0 Å². The molecule has 1 aromatic heterocycles. The van der Waals surface area contributed by atoms with Crippen LogP contribution in [-0.2, 0) is 11.3 Å². The van der Waals surface area contributed by atoms with Crippen molar-refractivity contribution in [3.05, 3.63) is 17.5 Å². The van der Waals surface area contributed by atoms with Crippen LogP contribution in [0.4, 0.5) is 0 Å². The molecule has 1 aliphatic heterocycles. The smallest absolute Gasteiger partial charge is 0.273 e. The molecule has 1 saturated carbocycles. The van der Waals surface area contributed by atoms with Gasteiger partial charge < -0.3 is 20.4 Å². The molecule has 166 valence electrons. The monoisotopic (exact) mass is 418 g/mol. The van der Waals surface area contributed by atoms with Gasteiger partial charge in [0.05, 0.1) is 6.54 Å². The van der Waals surface area contributed by atoms with Crippen LogP contribution >= 0.6 is 0 Å². The molecule has 0 spiro atoms. The summed E-state index contributed by atoms with van der Waals surface area (Å²) in [6.45, 7) is 5.69. The number of nitrogens with one attached hydrogen (secondary N) is 2. The molecule has 3 amide bonds. The first-order valence-electron chi connectivity index (χ1n) is 10.9. The average molecular weight is 419 g/mol. The molecule has 3 rings (SSSR count). The first-order chi connectivity index (χ1) is 14.3.